The van der Waals surface area contributed by atoms with Gasteiger partial charge in [-0.05, 0) is 29.2 Å². The molecule has 0 aliphatic heterocycles. The van der Waals surface area contributed by atoms with Crippen molar-refractivity contribution in [2.45, 2.75) is 26.0 Å². The van der Waals surface area contributed by atoms with Crippen LogP contribution in [0.2, 0.25) is 0 Å². The highest BCUT2D eigenvalue weighted by molar-refractivity contribution is 5.95. The molecule has 0 saturated carbocycles. The van der Waals surface area contributed by atoms with Gasteiger partial charge in [-0.1, -0.05) is 11.9 Å². The summed E-state index contributed by atoms with van der Waals surface area (Å²) in [6.07, 6.45) is -0.838. The molecule has 0 amide bonds. The molecule has 1 aromatic carbocycles. The third-order valence-corrected chi connectivity index (χ3v) is 4.82. The van der Waals surface area contributed by atoms with E-state index in [-0.39, 0.29) is 30.1 Å². The highest BCUT2D eigenvalue weighted by Gasteiger charge is 2.29. The number of benzene rings is 1. The molecule has 12 nitrogen and oxygen atoms in total. The molecule has 3 rings (SSSR count). The Balaban J connectivity index is 1.86. The zero-order valence-corrected chi connectivity index (χ0v) is 17.1. The number of fused-ring (bicyclic) bond motifs is 1. The van der Waals surface area contributed by atoms with Gasteiger partial charge >= 0.3 is 17.2 Å². The van der Waals surface area contributed by atoms with Gasteiger partial charge < -0.3 is 20.0 Å². The standard InChI is InChI=1S/C19H21N5O7/c1-4-14(26)11-5-7-13(8-6-11)31-10-12(25)9-23-16-15(20-18(23)24(29)30)17(27)22(3)19(28)21(16)2/h5-8,12,25H,4,9-10H2,1-3H3. The molecule has 2 heterocycles. The number of carbonyl (C=O) groups is 1. The average molecular weight is 431 g/mol. The number of ketones is 1. The normalized spacial score (nSPS) is 12.1. The van der Waals surface area contributed by atoms with E-state index < -0.39 is 28.2 Å². The van der Waals surface area contributed by atoms with E-state index in [1.165, 1.54) is 14.1 Å². The molecular formula is C19H21N5O7. The molecule has 0 saturated heterocycles. The number of rotatable bonds is 8. The number of aliphatic hydroxyl groups excluding tert-OH is 1. The maximum atomic E-state index is 12.3. The molecule has 164 valence electrons. The summed E-state index contributed by atoms with van der Waals surface area (Å²) in [5.74, 6) is -0.282. The van der Waals surface area contributed by atoms with Crippen molar-refractivity contribution in [3.8, 4) is 5.75 Å². The van der Waals surface area contributed by atoms with Crippen LogP contribution in [0.1, 0.15) is 23.7 Å². The van der Waals surface area contributed by atoms with Crippen LogP contribution in [0.3, 0.4) is 0 Å². The van der Waals surface area contributed by atoms with Crippen molar-refractivity contribution < 1.29 is 19.6 Å². The zero-order chi connectivity index (χ0) is 22.9. The summed E-state index contributed by atoms with van der Waals surface area (Å²) >= 11 is 0. The number of nitro groups is 1. The van der Waals surface area contributed by atoms with E-state index >= 15 is 0 Å². The summed E-state index contributed by atoms with van der Waals surface area (Å²) in [6.45, 7) is 1.20. The van der Waals surface area contributed by atoms with Crippen LogP contribution in [-0.2, 0) is 20.6 Å². The summed E-state index contributed by atoms with van der Waals surface area (Å²) in [7, 11) is 2.60. The van der Waals surface area contributed by atoms with Crippen LogP contribution < -0.4 is 16.0 Å². The molecule has 0 radical (unpaired) electrons. The molecule has 1 N–H and O–H groups in total. The number of imidazole rings is 1. The number of Topliss-reactive ketones (excluding diaryl/α,β-unsaturated/α-hetero) is 1. The second kappa shape index (κ2) is 8.52. The van der Waals surface area contributed by atoms with Crippen LogP contribution >= 0.6 is 0 Å². The molecule has 0 spiro atoms. The van der Waals surface area contributed by atoms with Crippen LogP contribution in [0.25, 0.3) is 11.2 Å². The molecule has 0 aliphatic carbocycles. The van der Waals surface area contributed by atoms with Crippen molar-refractivity contribution in [3.05, 3.63) is 60.8 Å². The quantitative estimate of drug-likeness (QED) is 0.305. The lowest BCUT2D eigenvalue weighted by molar-refractivity contribution is -0.396. The molecule has 3 aromatic rings. The molecule has 0 aliphatic rings. The minimum atomic E-state index is -1.22. The predicted molar refractivity (Wildman–Crippen MR) is 109 cm³/mol. The smallest absolute Gasteiger partial charge is 0.437 e. The number of nitrogens with zero attached hydrogens (tertiary/aromatic N) is 5. The fourth-order valence-corrected chi connectivity index (χ4v) is 3.18. The summed E-state index contributed by atoms with van der Waals surface area (Å²) in [5, 5.41) is 21.8. The van der Waals surface area contributed by atoms with Gasteiger partial charge in [0.2, 0.25) is 5.65 Å². The maximum Gasteiger partial charge on any atom is 0.437 e. The van der Waals surface area contributed by atoms with E-state index in [4.69, 9.17) is 4.74 Å². The largest absolute Gasteiger partial charge is 0.491 e. The van der Waals surface area contributed by atoms with E-state index in [0.29, 0.717) is 17.7 Å². The van der Waals surface area contributed by atoms with Crippen molar-refractivity contribution in [3.63, 3.8) is 0 Å². The molecule has 0 fully saturated rings. The topological polar surface area (TPSA) is 151 Å². The summed E-state index contributed by atoms with van der Waals surface area (Å²) < 4.78 is 8.37. The molecule has 1 unspecified atom stereocenters. The summed E-state index contributed by atoms with van der Waals surface area (Å²) in [6, 6.07) is 6.37. The first-order chi connectivity index (χ1) is 14.6. The minimum Gasteiger partial charge on any atom is -0.491 e. The highest BCUT2D eigenvalue weighted by Crippen LogP contribution is 2.19. The fraction of sp³-hybridized carbons (Fsp3) is 0.368. The molecular weight excluding hydrogens is 410 g/mol. The van der Waals surface area contributed by atoms with Gasteiger partial charge in [0.05, 0.1) is 0 Å². The van der Waals surface area contributed by atoms with Crippen molar-refractivity contribution in [1.82, 2.24) is 18.7 Å². The lowest BCUT2D eigenvalue weighted by atomic mass is 10.1. The highest BCUT2D eigenvalue weighted by atomic mass is 16.6. The van der Waals surface area contributed by atoms with Crippen molar-refractivity contribution >= 4 is 22.9 Å². The molecule has 1 atom stereocenters. The molecule has 12 heteroatoms. The summed E-state index contributed by atoms with van der Waals surface area (Å²) in [4.78, 5) is 50.6. The molecule has 0 bridgehead atoms. The second-order valence-electron chi connectivity index (χ2n) is 6.92. The third-order valence-electron chi connectivity index (χ3n) is 4.82. The van der Waals surface area contributed by atoms with Crippen molar-refractivity contribution in [2.24, 2.45) is 14.1 Å². The van der Waals surface area contributed by atoms with E-state index in [1.807, 2.05) is 0 Å². The third kappa shape index (κ3) is 4.10. The SMILES string of the molecule is CCC(=O)c1ccc(OCC(O)Cn2c([N+](=O)[O-])nc3c(=O)n(C)c(=O)n(C)c32)cc1. The van der Waals surface area contributed by atoms with Crippen LogP contribution in [0.5, 0.6) is 5.75 Å². The first kappa shape index (κ1) is 21.9. The van der Waals surface area contributed by atoms with Crippen LogP contribution in [-0.4, -0.2) is 47.2 Å². The zero-order valence-electron chi connectivity index (χ0n) is 17.1. The Bertz CT molecular complexity index is 1270. The molecule has 2 aromatic heterocycles. The van der Waals surface area contributed by atoms with Crippen LogP contribution in [0, 0.1) is 10.1 Å². The van der Waals surface area contributed by atoms with Gasteiger partial charge in [0.25, 0.3) is 5.52 Å². The Morgan fingerprint density at radius 3 is 2.45 bits per heavy atom. The van der Waals surface area contributed by atoms with Gasteiger partial charge in [0.15, 0.2) is 5.78 Å². The Kier molecular flexibility index (Phi) is 6.02. The van der Waals surface area contributed by atoms with E-state index in [0.717, 1.165) is 13.7 Å². The van der Waals surface area contributed by atoms with E-state index in [2.05, 4.69) is 4.98 Å². The molecule has 31 heavy (non-hydrogen) atoms. The first-order valence-electron chi connectivity index (χ1n) is 9.40. The average Bonchev–Trinajstić information content (AvgIpc) is 3.14. The fourth-order valence-electron chi connectivity index (χ4n) is 3.18. The Labute approximate surface area is 175 Å². The van der Waals surface area contributed by atoms with Gasteiger partial charge in [-0.25, -0.2) is 9.36 Å². The van der Waals surface area contributed by atoms with E-state index in [9.17, 15) is 29.6 Å². The second-order valence-corrected chi connectivity index (χ2v) is 6.92. The number of aromatic nitrogens is 4. The van der Waals surface area contributed by atoms with E-state index in [1.54, 1.807) is 31.2 Å². The number of hydrogen-bond acceptors (Lipinski definition) is 8. The van der Waals surface area contributed by atoms with Gasteiger partial charge in [-0.3, -0.25) is 18.7 Å². The Morgan fingerprint density at radius 1 is 1.23 bits per heavy atom. The number of carbonyl (C=O) groups excluding carboxylic acids is 1. The first-order valence-corrected chi connectivity index (χ1v) is 9.40. The lowest BCUT2D eigenvalue weighted by Gasteiger charge is -2.13. The van der Waals surface area contributed by atoms with Gasteiger partial charge in [-0.2, -0.15) is 0 Å². The van der Waals surface area contributed by atoms with Crippen molar-refractivity contribution in [1.29, 1.82) is 0 Å². The lowest BCUT2D eigenvalue weighted by Crippen LogP contribution is -2.37. The monoisotopic (exact) mass is 431 g/mol. The Hall–Kier alpha value is -3.80. The van der Waals surface area contributed by atoms with Crippen LogP contribution in [0.4, 0.5) is 5.95 Å². The number of aryl methyl sites for hydroxylation is 1. The summed E-state index contributed by atoms with van der Waals surface area (Å²) in [5.41, 5.74) is -1.23. The predicted octanol–water partition coefficient (Wildman–Crippen LogP) is 0.374. The van der Waals surface area contributed by atoms with Crippen molar-refractivity contribution in [2.75, 3.05) is 6.61 Å². The van der Waals surface area contributed by atoms with Gasteiger partial charge in [0.1, 0.15) is 25.0 Å². The number of ether oxygens (including phenoxy) is 1. The van der Waals surface area contributed by atoms with Gasteiger partial charge in [-0.15, -0.1) is 0 Å². The number of hydrogen-bond donors (Lipinski definition) is 1. The Morgan fingerprint density at radius 2 is 1.87 bits per heavy atom. The number of aliphatic hydroxyl groups is 1. The minimum absolute atomic E-state index is 0.0114. The van der Waals surface area contributed by atoms with Crippen LogP contribution in [0.15, 0.2) is 33.9 Å². The van der Waals surface area contributed by atoms with Gasteiger partial charge in [0, 0.05) is 26.1 Å². The maximum absolute atomic E-state index is 12.3.